The van der Waals surface area contributed by atoms with E-state index in [2.05, 4.69) is 19.7 Å². The summed E-state index contributed by atoms with van der Waals surface area (Å²) in [5, 5.41) is 0. The number of nitrogens with zero attached hydrogens (tertiary/aromatic N) is 3. The monoisotopic (exact) mass is 481 g/mol. The van der Waals surface area contributed by atoms with Crippen LogP contribution in [0.5, 0.6) is 0 Å². The first-order valence-corrected chi connectivity index (χ1v) is 10.8. The second-order valence-corrected chi connectivity index (χ2v) is 8.39. The van der Waals surface area contributed by atoms with Crippen LogP contribution in [0.25, 0.3) is 11.3 Å². The van der Waals surface area contributed by atoms with Gasteiger partial charge >= 0.3 is 6.18 Å². The minimum absolute atomic E-state index is 0.0112. The molecule has 0 amide bonds. The van der Waals surface area contributed by atoms with Gasteiger partial charge < -0.3 is 10.5 Å². The van der Waals surface area contributed by atoms with Gasteiger partial charge in [0.05, 0.1) is 29.0 Å². The van der Waals surface area contributed by atoms with Crippen molar-refractivity contribution < 1.29 is 31.1 Å². The molecule has 9 nitrogen and oxygen atoms in total. The number of ether oxygens (including phenoxy) is 1. The van der Waals surface area contributed by atoms with Crippen LogP contribution in [0.4, 0.5) is 19.0 Å². The molecule has 0 aliphatic carbocycles. The molecule has 0 bridgehead atoms. The lowest BCUT2D eigenvalue weighted by Crippen LogP contribution is -2.29. The van der Waals surface area contributed by atoms with E-state index in [0.29, 0.717) is 6.07 Å². The number of rotatable bonds is 8. The van der Waals surface area contributed by atoms with Gasteiger partial charge in [0.1, 0.15) is 0 Å². The minimum Gasteiger partial charge on any atom is -0.383 e. The molecule has 0 saturated carbocycles. The van der Waals surface area contributed by atoms with E-state index in [9.17, 15) is 26.4 Å². The van der Waals surface area contributed by atoms with Crippen LogP contribution < -0.4 is 10.5 Å². The van der Waals surface area contributed by atoms with Crippen molar-refractivity contribution in [2.75, 3.05) is 26.0 Å². The van der Waals surface area contributed by atoms with Gasteiger partial charge in [-0.15, -0.1) is 0 Å². The minimum atomic E-state index is -4.93. The van der Waals surface area contributed by atoms with E-state index in [0.717, 1.165) is 18.3 Å². The standard InChI is InChI=1S/C20H18F3N5O4S/c1-32-8-7-27-33(30,31)16-9-12(4-5-14(16)20(21,22)23)15-11-26-19(24)17(28-15)18(29)13-3-2-6-25-10-13/h2-6,9-11,27H,7-8H2,1H3,(H2,24,26). The van der Waals surface area contributed by atoms with Crippen LogP contribution in [0.3, 0.4) is 0 Å². The Morgan fingerprint density at radius 3 is 2.61 bits per heavy atom. The van der Waals surface area contributed by atoms with E-state index in [1.165, 1.54) is 31.6 Å². The van der Waals surface area contributed by atoms with Gasteiger partial charge in [-0.25, -0.2) is 23.1 Å². The van der Waals surface area contributed by atoms with Crippen LogP contribution in [0.15, 0.2) is 53.8 Å². The zero-order chi connectivity index (χ0) is 24.2. The maximum Gasteiger partial charge on any atom is 0.417 e. The van der Waals surface area contributed by atoms with Gasteiger partial charge in [0.25, 0.3) is 0 Å². The molecular weight excluding hydrogens is 463 g/mol. The first kappa shape index (κ1) is 24.2. The number of hydrogen-bond acceptors (Lipinski definition) is 8. The summed E-state index contributed by atoms with van der Waals surface area (Å²) in [7, 11) is -3.23. The summed E-state index contributed by atoms with van der Waals surface area (Å²) in [4.78, 5) is 23.6. The van der Waals surface area contributed by atoms with E-state index >= 15 is 0 Å². The topological polar surface area (TPSA) is 137 Å². The SMILES string of the molecule is COCCNS(=O)(=O)c1cc(-c2cnc(N)c(C(=O)c3cccnc3)n2)ccc1C(F)(F)F. The molecule has 0 aliphatic heterocycles. The molecule has 2 aromatic heterocycles. The van der Waals surface area contributed by atoms with Gasteiger partial charge in [-0.2, -0.15) is 13.2 Å². The van der Waals surface area contributed by atoms with Gasteiger partial charge in [0, 0.05) is 37.2 Å². The van der Waals surface area contributed by atoms with Crippen LogP contribution >= 0.6 is 0 Å². The van der Waals surface area contributed by atoms with Crippen molar-refractivity contribution >= 4 is 21.6 Å². The number of ketones is 1. The third-order valence-corrected chi connectivity index (χ3v) is 5.91. The van der Waals surface area contributed by atoms with Gasteiger partial charge in [-0.3, -0.25) is 9.78 Å². The molecule has 3 aromatic rings. The highest BCUT2D eigenvalue weighted by atomic mass is 32.2. The molecule has 174 valence electrons. The van der Waals surface area contributed by atoms with Crippen molar-refractivity contribution in [1.29, 1.82) is 0 Å². The van der Waals surface area contributed by atoms with E-state index < -0.39 is 32.4 Å². The van der Waals surface area contributed by atoms with E-state index in [1.807, 2.05) is 0 Å². The Labute approximate surface area is 186 Å². The summed E-state index contributed by atoms with van der Waals surface area (Å²) in [5.74, 6) is -0.801. The fourth-order valence-corrected chi connectivity index (χ4v) is 4.10. The lowest BCUT2D eigenvalue weighted by Gasteiger charge is -2.15. The Hall–Kier alpha value is -3.42. The Morgan fingerprint density at radius 1 is 1.21 bits per heavy atom. The van der Waals surface area contributed by atoms with E-state index in [-0.39, 0.29) is 41.5 Å². The number of carbonyl (C=O) groups is 1. The summed E-state index contributed by atoms with van der Waals surface area (Å²) in [6, 6.07) is 5.49. The van der Waals surface area contributed by atoms with Crippen molar-refractivity contribution in [2.45, 2.75) is 11.1 Å². The molecule has 2 heterocycles. The Bertz CT molecular complexity index is 1270. The van der Waals surface area contributed by atoms with Crippen molar-refractivity contribution in [1.82, 2.24) is 19.7 Å². The predicted octanol–water partition coefficient (Wildman–Crippen LogP) is 2.30. The number of alkyl halides is 3. The number of carbonyl (C=O) groups excluding carboxylic acids is 1. The van der Waals surface area contributed by atoms with Crippen LogP contribution in [0.1, 0.15) is 21.6 Å². The third kappa shape index (κ3) is 5.50. The second-order valence-electron chi connectivity index (χ2n) is 6.66. The van der Waals surface area contributed by atoms with Crippen molar-refractivity contribution in [2.24, 2.45) is 0 Å². The maximum absolute atomic E-state index is 13.5. The van der Waals surface area contributed by atoms with Crippen LogP contribution in [-0.2, 0) is 20.9 Å². The number of nitrogens with two attached hydrogens (primary N) is 1. The zero-order valence-electron chi connectivity index (χ0n) is 17.1. The molecule has 0 unspecified atom stereocenters. The maximum atomic E-state index is 13.5. The summed E-state index contributed by atoms with van der Waals surface area (Å²) < 4.78 is 72.5. The second kappa shape index (κ2) is 9.60. The first-order chi connectivity index (χ1) is 15.5. The number of anilines is 1. The Kier molecular flexibility index (Phi) is 7.05. The Balaban J connectivity index is 2.09. The highest BCUT2D eigenvalue weighted by Crippen LogP contribution is 2.36. The molecule has 33 heavy (non-hydrogen) atoms. The molecule has 0 fully saturated rings. The smallest absolute Gasteiger partial charge is 0.383 e. The molecule has 3 N–H and O–H groups in total. The normalized spacial score (nSPS) is 12.0. The van der Waals surface area contributed by atoms with Gasteiger partial charge in [0.15, 0.2) is 11.5 Å². The van der Waals surface area contributed by atoms with Crippen molar-refractivity contribution in [3.05, 3.63) is 65.7 Å². The van der Waals surface area contributed by atoms with E-state index in [1.54, 1.807) is 0 Å². The molecule has 3 rings (SSSR count). The van der Waals surface area contributed by atoms with E-state index in [4.69, 9.17) is 10.5 Å². The quantitative estimate of drug-likeness (QED) is 0.369. The molecule has 13 heteroatoms. The van der Waals surface area contributed by atoms with Crippen molar-refractivity contribution in [3.63, 3.8) is 0 Å². The lowest BCUT2D eigenvalue weighted by atomic mass is 10.1. The average Bonchev–Trinajstić information content (AvgIpc) is 2.78. The van der Waals surface area contributed by atoms with Crippen LogP contribution in [0, 0.1) is 0 Å². The number of nitrogens with one attached hydrogen (secondary N) is 1. The van der Waals surface area contributed by atoms with Gasteiger partial charge in [-0.1, -0.05) is 6.07 Å². The lowest BCUT2D eigenvalue weighted by molar-refractivity contribution is -0.139. The average molecular weight is 481 g/mol. The number of halogens is 3. The summed E-state index contributed by atoms with van der Waals surface area (Å²) in [6.07, 6.45) is -1.04. The molecule has 0 aliphatic rings. The number of hydrogen-bond donors (Lipinski definition) is 2. The van der Waals surface area contributed by atoms with Crippen LogP contribution in [-0.4, -0.2) is 49.4 Å². The molecule has 0 saturated heterocycles. The Morgan fingerprint density at radius 2 is 1.97 bits per heavy atom. The molecule has 0 spiro atoms. The summed E-state index contributed by atoms with van der Waals surface area (Å²) in [5.41, 5.74) is 4.29. The van der Waals surface area contributed by atoms with Gasteiger partial charge in [-0.05, 0) is 24.3 Å². The number of pyridine rings is 1. The predicted molar refractivity (Wildman–Crippen MR) is 112 cm³/mol. The number of aromatic nitrogens is 3. The summed E-state index contributed by atoms with van der Waals surface area (Å²) >= 11 is 0. The highest BCUT2D eigenvalue weighted by molar-refractivity contribution is 7.89. The number of methoxy groups -OCH3 is 1. The number of nitrogen functional groups attached to an aromatic ring is 1. The molecule has 0 radical (unpaired) electrons. The largest absolute Gasteiger partial charge is 0.417 e. The number of benzene rings is 1. The third-order valence-electron chi connectivity index (χ3n) is 4.41. The number of sulfonamides is 1. The van der Waals surface area contributed by atoms with Gasteiger partial charge in [0.2, 0.25) is 15.8 Å². The first-order valence-electron chi connectivity index (χ1n) is 9.32. The molecule has 1 aromatic carbocycles. The fourth-order valence-electron chi connectivity index (χ4n) is 2.83. The molecular formula is C20H18F3N5O4S. The molecule has 0 atom stereocenters. The van der Waals surface area contributed by atoms with Crippen LogP contribution in [0.2, 0.25) is 0 Å². The summed E-state index contributed by atoms with van der Waals surface area (Å²) in [6.45, 7) is -0.269. The van der Waals surface area contributed by atoms with Crippen molar-refractivity contribution in [3.8, 4) is 11.3 Å². The fraction of sp³-hybridized carbons (Fsp3) is 0.200. The zero-order valence-corrected chi connectivity index (χ0v) is 17.9. The highest BCUT2D eigenvalue weighted by Gasteiger charge is 2.37.